The highest BCUT2D eigenvalue weighted by atomic mass is 16.4. The number of anilines is 1. The van der Waals surface area contributed by atoms with Crippen molar-refractivity contribution < 1.29 is 10.0 Å². The van der Waals surface area contributed by atoms with Gasteiger partial charge in [0.25, 0.3) is 0 Å². The Balaban J connectivity index is 0. The summed E-state index contributed by atoms with van der Waals surface area (Å²) in [7, 11) is 0. The van der Waals surface area contributed by atoms with E-state index in [9.17, 15) is 4.79 Å². The predicted octanol–water partition coefficient (Wildman–Crippen LogP) is 2.75. The van der Waals surface area contributed by atoms with Crippen LogP contribution in [0.1, 0.15) is 20.8 Å². The molecule has 0 aliphatic rings. The largest absolute Gasteiger partial charge is 0.411 e. The maximum Gasteiger partial charge on any atom is 0.211 e. The summed E-state index contributed by atoms with van der Waals surface area (Å²) >= 11 is 0. The Morgan fingerprint density at radius 3 is 2.07 bits per heavy atom. The number of para-hydroxylation sites is 1. The lowest BCUT2D eigenvalue weighted by Crippen LogP contribution is -1.91. The highest BCUT2D eigenvalue weighted by Gasteiger charge is 1.81. The van der Waals surface area contributed by atoms with E-state index in [4.69, 9.17) is 5.21 Å². The van der Waals surface area contributed by atoms with Crippen LogP contribution in [0.25, 0.3) is 0 Å². The summed E-state index contributed by atoms with van der Waals surface area (Å²) in [5.74, 6) is 0. The Labute approximate surface area is 90.6 Å². The third-order valence-corrected chi connectivity index (χ3v) is 1.11. The molecule has 4 nitrogen and oxygen atoms in total. The number of hydrogen-bond acceptors (Lipinski definition) is 3. The molecule has 0 saturated heterocycles. The number of hydrogen-bond donors (Lipinski definition) is 2. The molecule has 84 valence electrons. The Hall–Kier alpha value is -1.84. The second-order valence-corrected chi connectivity index (χ2v) is 2.00. The first-order valence-electron chi connectivity index (χ1n) is 4.72. The molecule has 0 aliphatic carbocycles. The topological polar surface area (TPSA) is 61.7 Å². The van der Waals surface area contributed by atoms with Gasteiger partial charge in [0.15, 0.2) is 0 Å². The van der Waals surface area contributed by atoms with Gasteiger partial charge in [-0.05, 0) is 19.1 Å². The van der Waals surface area contributed by atoms with Gasteiger partial charge < -0.3 is 10.5 Å². The van der Waals surface area contributed by atoms with E-state index in [-0.39, 0.29) is 0 Å². The van der Waals surface area contributed by atoms with Crippen molar-refractivity contribution in [1.82, 2.24) is 0 Å². The summed E-state index contributed by atoms with van der Waals surface area (Å²) in [6.07, 6.45) is 1.97. The van der Waals surface area contributed by atoms with Crippen molar-refractivity contribution in [1.29, 1.82) is 0 Å². The summed E-state index contributed by atoms with van der Waals surface area (Å²) in [5.41, 5.74) is 0.826. The van der Waals surface area contributed by atoms with Gasteiger partial charge >= 0.3 is 0 Å². The lowest BCUT2D eigenvalue weighted by atomic mass is 10.3. The van der Waals surface area contributed by atoms with Crippen molar-refractivity contribution in [3.63, 3.8) is 0 Å². The number of oxime groups is 1. The molecule has 0 aromatic heterocycles. The van der Waals surface area contributed by atoms with E-state index in [1.54, 1.807) is 6.92 Å². The van der Waals surface area contributed by atoms with Crippen LogP contribution in [0.2, 0.25) is 0 Å². The van der Waals surface area contributed by atoms with Gasteiger partial charge in [0.1, 0.15) is 0 Å². The van der Waals surface area contributed by atoms with Crippen LogP contribution in [0.4, 0.5) is 5.69 Å². The zero-order valence-corrected chi connectivity index (χ0v) is 9.34. The normalized spacial score (nSPS) is 7.93. The molecular formula is C11H18N2O2. The molecule has 0 spiro atoms. The summed E-state index contributed by atoms with van der Waals surface area (Å²) in [4.78, 5) is 9.86. The summed E-state index contributed by atoms with van der Waals surface area (Å²) < 4.78 is 0. The Kier molecular flexibility index (Phi) is 15.3. The second kappa shape index (κ2) is 14.7. The maximum atomic E-state index is 9.86. The van der Waals surface area contributed by atoms with Gasteiger partial charge in [0.2, 0.25) is 6.41 Å². The molecule has 1 rings (SSSR count). The highest BCUT2D eigenvalue weighted by molar-refractivity contribution is 5.70. The van der Waals surface area contributed by atoms with Crippen molar-refractivity contribution in [2.24, 2.45) is 5.16 Å². The van der Waals surface area contributed by atoms with Gasteiger partial charge in [-0.3, -0.25) is 4.79 Å². The van der Waals surface area contributed by atoms with Gasteiger partial charge in [-0.1, -0.05) is 32.0 Å². The number of nitrogens with one attached hydrogen (secondary N) is 1. The number of amides is 1. The second-order valence-electron chi connectivity index (χ2n) is 2.00. The van der Waals surface area contributed by atoms with Crippen LogP contribution >= 0.6 is 0 Å². The Morgan fingerprint density at radius 2 is 1.73 bits per heavy atom. The lowest BCUT2D eigenvalue weighted by molar-refractivity contribution is -0.105. The molecule has 0 saturated carbocycles. The molecule has 15 heavy (non-hydrogen) atoms. The first-order chi connectivity index (χ1) is 7.35. The van der Waals surface area contributed by atoms with E-state index in [2.05, 4.69) is 10.5 Å². The zero-order valence-electron chi connectivity index (χ0n) is 9.34. The average Bonchev–Trinajstić information content (AvgIpc) is 2.34. The van der Waals surface area contributed by atoms with Gasteiger partial charge in [0, 0.05) is 11.9 Å². The van der Waals surface area contributed by atoms with E-state index in [1.807, 2.05) is 44.2 Å². The first-order valence-corrected chi connectivity index (χ1v) is 4.72. The fraction of sp³-hybridized carbons (Fsp3) is 0.273. The molecule has 2 N–H and O–H groups in total. The smallest absolute Gasteiger partial charge is 0.211 e. The summed E-state index contributed by atoms with van der Waals surface area (Å²) in [6.45, 7) is 5.64. The van der Waals surface area contributed by atoms with Crippen LogP contribution in [0, 0.1) is 0 Å². The number of benzene rings is 1. The molecule has 1 amide bonds. The molecular weight excluding hydrogens is 192 g/mol. The average molecular weight is 210 g/mol. The molecule has 0 bridgehead atoms. The van der Waals surface area contributed by atoms with E-state index >= 15 is 0 Å². The monoisotopic (exact) mass is 210 g/mol. The van der Waals surface area contributed by atoms with Crippen LogP contribution in [0.3, 0.4) is 0 Å². The summed E-state index contributed by atoms with van der Waals surface area (Å²) in [6, 6.07) is 9.29. The number of carbonyl (C=O) groups excluding carboxylic acids is 1. The minimum atomic E-state index is 0.662. The van der Waals surface area contributed by atoms with E-state index in [0.29, 0.717) is 6.41 Å². The van der Waals surface area contributed by atoms with E-state index in [0.717, 1.165) is 5.69 Å². The number of rotatable bonds is 2. The van der Waals surface area contributed by atoms with Gasteiger partial charge in [-0.2, -0.15) is 0 Å². The van der Waals surface area contributed by atoms with E-state index in [1.165, 1.54) is 6.21 Å². The third-order valence-electron chi connectivity index (χ3n) is 1.11. The SMILES string of the molecule is C/C=N\O.CC.O=CNc1ccccc1. The summed E-state index contributed by atoms with van der Waals surface area (Å²) in [5, 5.41) is 12.6. The molecule has 0 radical (unpaired) electrons. The van der Waals surface area contributed by atoms with Crippen molar-refractivity contribution in [3.05, 3.63) is 30.3 Å². The predicted molar refractivity (Wildman–Crippen MR) is 63.4 cm³/mol. The van der Waals surface area contributed by atoms with Crippen LogP contribution in [-0.4, -0.2) is 17.8 Å². The minimum Gasteiger partial charge on any atom is -0.411 e. The van der Waals surface area contributed by atoms with Crippen molar-refractivity contribution in [3.8, 4) is 0 Å². The molecule has 0 heterocycles. The van der Waals surface area contributed by atoms with E-state index < -0.39 is 0 Å². The Morgan fingerprint density at radius 1 is 1.27 bits per heavy atom. The van der Waals surface area contributed by atoms with Crippen LogP contribution < -0.4 is 5.32 Å². The van der Waals surface area contributed by atoms with Crippen molar-refractivity contribution in [2.75, 3.05) is 5.32 Å². The van der Waals surface area contributed by atoms with Crippen molar-refractivity contribution >= 4 is 18.3 Å². The van der Waals surface area contributed by atoms with Crippen LogP contribution in [0.15, 0.2) is 35.5 Å². The standard InChI is InChI=1S/C7H7NO.C2H5NO.C2H6/c9-6-8-7-4-2-1-3-5-7;1-2-3-4;1-2/h1-6H,(H,8,9);2,4H,1H3;1-2H3/b;3-2-;. The minimum absolute atomic E-state index is 0.662. The molecule has 0 atom stereocenters. The highest BCUT2D eigenvalue weighted by Crippen LogP contribution is 2.01. The quantitative estimate of drug-likeness (QED) is 0.341. The van der Waals surface area contributed by atoms with Crippen LogP contribution in [-0.2, 0) is 4.79 Å². The molecule has 1 aromatic rings. The van der Waals surface area contributed by atoms with Gasteiger partial charge in [-0.15, -0.1) is 5.16 Å². The number of carbonyl (C=O) groups is 1. The lowest BCUT2D eigenvalue weighted by Gasteiger charge is -1.93. The fourth-order valence-corrected chi connectivity index (χ4v) is 0.602. The number of nitrogens with zero attached hydrogens (tertiary/aromatic N) is 1. The first kappa shape index (κ1) is 15.6. The molecule has 4 heteroatoms. The maximum absolute atomic E-state index is 9.86. The van der Waals surface area contributed by atoms with Crippen LogP contribution in [0.5, 0.6) is 0 Å². The molecule has 0 aliphatic heterocycles. The molecule has 0 fully saturated rings. The fourth-order valence-electron chi connectivity index (χ4n) is 0.602. The zero-order chi connectivity index (χ0) is 11.9. The molecule has 1 aromatic carbocycles. The van der Waals surface area contributed by atoms with Gasteiger partial charge in [-0.25, -0.2) is 0 Å². The van der Waals surface area contributed by atoms with Gasteiger partial charge in [0.05, 0.1) is 0 Å². The van der Waals surface area contributed by atoms with Crippen molar-refractivity contribution in [2.45, 2.75) is 20.8 Å². The third kappa shape index (κ3) is 12.2. The Bertz CT molecular complexity index is 244. The molecule has 0 unspecified atom stereocenters.